The summed E-state index contributed by atoms with van der Waals surface area (Å²) in [5, 5.41) is 8.96. The number of carboxylic acids is 1. The first-order valence-electron chi connectivity index (χ1n) is 3.32. The third-order valence-electron chi connectivity index (χ3n) is 1.60. The van der Waals surface area contributed by atoms with Crippen LogP contribution in [0.3, 0.4) is 0 Å². The summed E-state index contributed by atoms with van der Waals surface area (Å²) >= 11 is 5.84. The average molecular weight is 553 g/mol. The smallest absolute Gasteiger partial charge is 0.338 e. The molecule has 8 heteroatoms. The van der Waals surface area contributed by atoms with Crippen molar-refractivity contribution in [3.63, 3.8) is 0 Å². The molecular weight excluding hydrogens is 548 g/mol. The fraction of sp³-hybridized carbons (Fsp3) is 0. The van der Waals surface area contributed by atoms with Gasteiger partial charge >= 0.3 is 5.97 Å². The third kappa shape index (κ3) is 3.24. The summed E-state index contributed by atoms with van der Waals surface area (Å²) in [4.78, 5) is 10.9. The Morgan fingerprint density at radius 1 is 1.00 bits per heavy atom. The quantitative estimate of drug-likeness (QED) is 0.282. The normalized spacial score (nSPS) is 9.53. The standard InChI is InChI=1S/C7H5I3N2O2.Na/c8-2-1(7(13)14)3(9)6(12)4(10)5(2)11;/h11-12H2,(H,13,14);. The summed E-state index contributed by atoms with van der Waals surface area (Å²) < 4.78 is 1.79. The topological polar surface area (TPSA) is 89.3 Å². The molecule has 77 valence electrons. The molecule has 0 heterocycles. The monoisotopic (exact) mass is 553 g/mol. The summed E-state index contributed by atoms with van der Waals surface area (Å²) in [6.07, 6.45) is 0. The minimum absolute atomic E-state index is 0. The van der Waals surface area contributed by atoms with Gasteiger partial charge in [0.25, 0.3) is 0 Å². The molecule has 0 saturated heterocycles. The van der Waals surface area contributed by atoms with E-state index in [1.54, 1.807) is 0 Å². The Morgan fingerprint density at radius 3 is 1.60 bits per heavy atom. The molecule has 1 aromatic carbocycles. The molecule has 1 aromatic rings. The van der Waals surface area contributed by atoms with Gasteiger partial charge in [0.1, 0.15) is 0 Å². The first-order chi connectivity index (χ1) is 6.37. The molecule has 0 fully saturated rings. The molecule has 5 N–H and O–H groups in total. The summed E-state index contributed by atoms with van der Waals surface area (Å²) in [6, 6.07) is 0. The predicted octanol–water partition coefficient (Wildman–Crippen LogP) is 1.98. The number of halogens is 3. The largest absolute Gasteiger partial charge is 0.478 e. The van der Waals surface area contributed by atoms with Gasteiger partial charge in [-0.1, -0.05) is 0 Å². The summed E-state index contributed by atoms with van der Waals surface area (Å²) in [6.45, 7) is 0. The molecule has 0 unspecified atom stereocenters. The molecule has 0 bridgehead atoms. The van der Waals surface area contributed by atoms with Crippen molar-refractivity contribution in [2.24, 2.45) is 0 Å². The maximum Gasteiger partial charge on any atom is 0.338 e. The Labute approximate surface area is 150 Å². The van der Waals surface area contributed by atoms with Gasteiger partial charge in [0, 0.05) is 29.6 Å². The van der Waals surface area contributed by atoms with Crippen LogP contribution in [0.15, 0.2) is 0 Å². The molecule has 1 rings (SSSR count). The number of nitrogens with two attached hydrogens (primary N) is 2. The van der Waals surface area contributed by atoms with Gasteiger partial charge in [-0.3, -0.25) is 0 Å². The van der Waals surface area contributed by atoms with Crippen LogP contribution in [0.4, 0.5) is 11.4 Å². The number of aromatic carboxylic acids is 1. The molecule has 1 radical (unpaired) electrons. The van der Waals surface area contributed by atoms with Crippen LogP contribution in [-0.2, 0) is 0 Å². The third-order valence-corrected chi connectivity index (χ3v) is 5.00. The Hall–Kier alpha value is 1.48. The fourth-order valence-corrected chi connectivity index (χ4v) is 4.52. The number of rotatable bonds is 1. The first kappa shape index (κ1) is 16.5. The van der Waals surface area contributed by atoms with Gasteiger partial charge in [-0.2, -0.15) is 0 Å². The number of nitrogen functional groups attached to an aromatic ring is 2. The number of carbonyl (C=O) groups is 1. The van der Waals surface area contributed by atoms with Crippen molar-refractivity contribution >= 4 is 115 Å². The van der Waals surface area contributed by atoms with E-state index in [0.29, 0.717) is 22.1 Å². The molecule has 0 aliphatic rings. The second-order valence-corrected chi connectivity index (χ2v) is 5.69. The number of hydrogen-bond donors (Lipinski definition) is 3. The molecule has 15 heavy (non-hydrogen) atoms. The van der Waals surface area contributed by atoms with Gasteiger partial charge in [0.15, 0.2) is 0 Å². The van der Waals surface area contributed by atoms with Gasteiger partial charge in [0.2, 0.25) is 0 Å². The minimum atomic E-state index is -1.01. The Morgan fingerprint density at radius 2 is 1.33 bits per heavy atom. The Bertz CT molecular complexity index is 396. The zero-order chi connectivity index (χ0) is 11.0. The molecule has 0 amide bonds. The first-order valence-corrected chi connectivity index (χ1v) is 6.56. The van der Waals surface area contributed by atoms with Crippen LogP contribution in [0, 0.1) is 10.7 Å². The number of anilines is 2. The van der Waals surface area contributed by atoms with Crippen molar-refractivity contribution in [3.8, 4) is 0 Å². The molecule has 0 spiro atoms. The van der Waals surface area contributed by atoms with E-state index >= 15 is 0 Å². The van der Waals surface area contributed by atoms with Crippen molar-refractivity contribution in [1.29, 1.82) is 0 Å². The van der Waals surface area contributed by atoms with E-state index in [9.17, 15) is 4.79 Å². The van der Waals surface area contributed by atoms with E-state index in [-0.39, 0.29) is 35.1 Å². The molecule has 0 aliphatic heterocycles. The molecule has 0 aromatic heterocycles. The van der Waals surface area contributed by atoms with Gasteiger partial charge in [-0.25, -0.2) is 4.79 Å². The van der Waals surface area contributed by atoms with Gasteiger partial charge in [-0.05, 0) is 67.8 Å². The van der Waals surface area contributed by atoms with Gasteiger partial charge < -0.3 is 16.6 Å². The molecule has 0 aliphatic carbocycles. The zero-order valence-electron chi connectivity index (χ0n) is 7.64. The maximum absolute atomic E-state index is 10.9. The summed E-state index contributed by atoms with van der Waals surface area (Å²) in [5.41, 5.74) is 12.5. The van der Waals surface area contributed by atoms with E-state index in [1.165, 1.54) is 0 Å². The molecule has 0 saturated carbocycles. The van der Waals surface area contributed by atoms with E-state index in [4.69, 9.17) is 16.6 Å². The number of carboxylic acid groups (broad SMARTS) is 1. The minimum Gasteiger partial charge on any atom is -0.478 e. The Kier molecular flexibility index (Phi) is 7.06. The molecule has 4 nitrogen and oxygen atoms in total. The van der Waals surface area contributed by atoms with Crippen LogP contribution >= 0.6 is 67.8 Å². The second kappa shape index (κ2) is 6.42. The van der Waals surface area contributed by atoms with E-state index in [0.717, 1.165) is 0 Å². The van der Waals surface area contributed by atoms with Crippen LogP contribution in [-0.4, -0.2) is 40.6 Å². The number of hydrogen-bond acceptors (Lipinski definition) is 3. The van der Waals surface area contributed by atoms with Crippen molar-refractivity contribution < 1.29 is 9.90 Å². The average Bonchev–Trinajstić information content (AvgIpc) is 2.11. The van der Waals surface area contributed by atoms with E-state index in [2.05, 4.69) is 0 Å². The van der Waals surface area contributed by atoms with Crippen molar-refractivity contribution in [3.05, 3.63) is 16.3 Å². The SMILES string of the molecule is Nc1c(I)c(N)c(I)c(C(=O)O)c1I.[Na]. The number of benzene rings is 1. The van der Waals surface area contributed by atoms with Crippen molar-refractivity contribution in [2.75, 3.05) is 11.5 Å². The van der Waals surface area contributed by atoms with Crippen molar-refractivity contribution in [2.45, 2.75) is 0 Å². The van der Waals surface area contributed by atoms with Crippen LogP contribution in [0.5, 0.6) is 0 Å². The summed E-state index contributed by atoms with van der Waals surface area (Å²) in [5.74, 6) is -1.01. The molecular formula is C7H5I3N2NaO2. The van der Waals surface area contributed by atoms with Crippen LogP contribution in [0.2, 0.25) is 0 Å². The van der Waals surface area contributed by atoms with Gasteiger partial charge in [-0.15, -0.1) is 0 Å². The summed E-state index contributed by atoms with van der Waals surface area (Å²) in [7, 11) is 0. The van der Waals surface area contributed by atoms with Crippen molar-refractivity contribution in [1.82, 2.24) is 0 Å². The van der Waals surface area contributed by atoms with E-state index in [1.807, 2.05) is 67.8 Å². The predicted molar refractivity (Wildman–Crippen MR) is 86.1 cm³/mol. The van der Waals surface area contributed by atoms with Crippen LogP contribution in [0.1, 0.15) is 10.4 Å². The second-order valence-electron chi connectivity index (χ2n) is 2.45. The van der Waals surface area contributed by atoms with Gasteiger partial charge in [0.05, 0.1) is 27.6 Å². The maximum atomic E-state index is 10.9. The van der Waals surface area contributed by atoms with Crippen LogP contribution < -0.4 is 11.5 Å². The molecule has 0 atom stereocenters. The van der Waals surface area contributed by atoms with E-state index < -0.39 is 5.97 Å². The van der Waals surface area contributed by atoms with Crippen LogP contribution in [0.25, 0.3) is 0 Å². The fourth-order valence-electron chi connectivity index (χ4n) is 0.891. The zero-order valence-corrected chi connectivity index (χ0v) is 16.1. The Balaban J connectivity index is 0.00000196.